The van der Waals surface area contributed by atoms with E-state index in [-0.39, 0.29) is 12.5 Å². The molecule has 25 heavy (non-hydrogen) atoms. The molecule has 0 saturated carbocycles. The van der Waals surface area contributed by atoms with Crippen molar-refractivity contribution < 1.29 is 9.90 Å². The van der Waals surface area contributed by atoms with E-state index in [1.54, 1.807) is 12.1 Å². The average molecular weight is 359 g/mol. The predicted molar refractivity (Wildman–Crippen MR) is 99.6 cm³/mol. The Morgan fingerprint density at radius 2 is 1.76 bits per heavy atom. The minimum atomic E-state index is -0.827. The average Bonchev–Trinajstić information content (AvgIpc) is 2.67. The van der Waals surface area contributed by atoms with Gasteiger partial charge in [0.1, 0.15) is 0 Å². The fourth-order valence-electron chi connectivity index (χ4n) is 3.47. The third-order valence-electron chi connectivity index (χ3n) is 4.94. The summed E-state index contributed by atoms with van der Waals surface area (Å²) in [7, 11) is 0. The molecule has 1 fully saturated rings. The molecule has 0 spiro atoms. The van der Waals surface area contributed by atoms with Gasteiger partial charge in [-0.25, -0.2) is 0 Å². The molecule has 0 radical (unpaired) electrons. The van der Waals surface area contributed by atoms with Crippen LogP contribution in [0.25, 0.3) is 0 Å². The molecule has 2 aromatic carbocycles. The normalized spacial score (nSPS) is 17.7. The van der Waals surface area contributed by atoms with Gasteiger partial charge in [-0.05, 0) is 37.6 Å². The third-order valence-corrected chi connectivity index (χ3v) is 5.28. The van der Waals surface area contributed by atoms with Crippen LogP contribution in [0.5, 0.6) is 0 Å². The Hall–Kier alpha value is -1.88. The number of amides is 1. The first kappa shape index (κ1) is 17.9. The molecule has 1 amide bonds. The van der Waals surface area contributed by atoms with Crippen LogP contribution in [0.1, 0.15) is 30.1 Å². The molecule has 0 aliphatic carbocycles. The van der Waals surface area contributed by atoms with Crippen LogP contribution < -0.4 is 10.6 Å². The predicted octanol–water partition coefficient (Wildman–Crippen LogP) is 2.81. The summed E-state index contributed by atoms with van der Waals surface area (Å²) in [4.78, 5) is 13.1. The monoisotopic (exact) mass is 358 g/mol. The van der Waals surface area contributed by atoms with Crippen LogP contribution in [0.15, 0.2) is 54.6 Å². The maximum Gasteiger partial charge on any atom is 0.230 e. The van der Waals surface area contributed by atoms with Crippen LogP contribution in [0.3, 0.4) is 0 Å². The molecule has 3 N–H and O–H groups in total. The van der Waals surface area contributed by atoms with Crippen LogP contribution in [-0.4, -0.2) is 30.6 Å². The molecular weight excluding hydrogens is 336 g/mol. The molecule has 1 aliphatic heterocycles. The molecule has 1 aliphatic rings. The molecule has 5 heteroatoms. The maximum absolute atomic E-state index is 13.1. The highest BCUT2D eigenvalue weighted by molar-refractivity contribution is 6.31. The van der Waals surface area contributed by atoms with Crippen LogP contribution in [-0.2, 0) is 10.2 Å². The summed E-state index contributed by atoms with van der Waals surface area (Å²) in [5.74, 6) is -0.0358. The van der Waals surface area contributed by atoms with Crippen molar-refractivity contribution in [3.05, 3.63) is 70.7 Å². The number of aliphatic hydroxyl groups is 1. The number of rotatable bonds is 5. The van der Waals surface area contributed by atoms with Gasteiger partial charge in [0, 0.05) is 17.1 Å². The van der Waals surface area contributed by atoms with E-state index >= 15 is 0 Å². The van der Waals surface area contributed by atoms with Gasteiger partial charge < -0.3 is 15.7 Å². The Morgan fingerprint density at radius 3 is 2.44 bits per heavy atom. The van der Waals surface area contributed by atoms with E-state index in [0.717, 1.165) is 31.5 Å². The number of hydrogen-bond donors (Lipinski definition) is 3. The number of hydrogen-bond acceptors (Lipinski definition) is 3. The van der Waals surface area contributed by atoms with Gasteiger partial charge >= 0.3 is 0 Å². The lowest BCUT2D eigenvalue weighted by Crippen LogP contribution is -2.51. The SMILES string of the molecule is O=C(NC[C@@H](O)c1ccccc1Cl)C1(c2ccccc2)CCNCC1. The van der Waals surface area contributed by atoms with Crippen molar-refractivity contribution in [3.63, 3.8) is 0 Å². The zero-order valence-corrected chi connectivity index (χ0v) is 14.8. The molecule has 3 rings (SSSR count). The van der Waals surface area contributed by atoms with Crippen molar-refractivity contribution in [2.24, 2.45) is 0 Å². The Kier molecular flexibility index (Phi) is 5.74. The van der Waals surface area contributed by atoms with Crippen molar-refractivity contribution in [2.75, 3.05) is 19.6 Å². The van der Waals surface area contributed by atoms with Crippen molar-refractivity contribution in [1.29, 1.82) is 0 Å². The van der Waals surface area contributed by atoms with E-state index in [1.165, 1.54) is 0 Å². The van der Waals surface area contributed by atoms with Crippen molar-refractivity contribution >= 4 is 17.5 Å². The third kappa shape index (κ3) is 3.87. The summed E-state index contributed by atoms with van der Waals surface area (Å²) >= 11 is 6.13. The van der Waals surface area contributed by atoms with Crippen molar-refractivity contribution in [2.45, 2.75) is 24.4 Å². The summed E-state index contributed by atoms with van der Waals surface area (Å²) in [6.07, 6.45) is 0.656. The number of aliphatic hydroxyl groups excluding tert-OH is 1. The molecule has 132 valence electrons. The van der Waals surface area contributed by atoms with E-state index in [1.807, 2.05) is 42.5 Å². The zero-order valence-electron chi connectivity index (χ0n) is 14.0. The van der Waals surface area contributed by atoms with E-state index in [2.05, 4.69) is 10.6 Å². The second-order valence-corrected chi connectivity index (χ2v) is 6.85. The molecule has 2 aromatic rings. The van der Waals surface area contributed by atoms with Crippen molar-refractivity contribution in [3.8, 4) is 0 Å². The standard InChI is InChI=1S/C20H23ClN2O2/c21-17-9-5-4-8-16(17)18(24)14-23-19(25)20(10-12-22-13-11-20)15-6-2-1-3-7-15/h1-9,18,22,24H,10-14H2,(H,23,25)/t18-/m1/s1. The molecule has 0 aromatic heterocycles. The highest BCUT2D eigenvalue weighted by Gasteiger charge is 2.41. The largest absolute Gasteiger partial charge is 0.387 e. The topological polar surface area (TPSA) is 61.4 Å². The fraction of sp³-hybridized carbons (Fsp3) is 0.350. The van der Waals surface area contributed by atoms with E-state index in [0.29, 0.717) is 10.6 Å². The first-order chi connectivity index (χ1) is 12.1. The van der Waals surface area contributed by atoms with Gasteiger partial charge in [0.15, 0.2) is 0 Å². The Balaban J connectivity index is 1.74. The Bertz CT molecular complexity index is 715. The minimum Gasteiger partial charge on any atom is -0.387 e. The highest BCUT2D eigenvalue weighted by atomic mass is 35.5. The van der Waals surface area contributed by atoms with E-state index < -0.39 is 11.5 Å². The summed E-state index contributed by atoms with van der Waals surface area (Å²) in [5, 5.41) is 17.2. The number of carbonyl (C=O) groups excluding carboxylic acids is 1. The number of halogens is 1. The van der Waals surface area contributed by atoms with Gasteiger partial charge in [0.2, 0.25) is 5.91 Å². The number of carbonyl (C=O) groups is 1. The number of nitrogens with one attached hydrogen (secondary N) is 2. The summed E-state index contributed by atoms with van der Waals surface area (Å²) < 4.78 is 0. The van der Waals surface area contributed by atoms with E-state index in [4.69, 9.17) is 11.6 Å². The summed E-state index contributed by atoms with van der Waals surface area (Å²) in [6.45, 7) is 1.75. The lowest BCUT2D eigenvalue weighted by Gasteiger charge is -2.37. The van der Waals surface area contributed by atoms with Crippen LogP contribution in [0, 0.1) is 0 Å². The van der Waals surface area contributed by atoms with Crippen LogP contribution >= 0.6 is 11.6 Å². The van der Waals surface area contributed by atoms with Crippen LogP contribution in [0.2, 0.25) is 5.02 Å². The molecular formula is C20H23ClN2O2. The molecule has 1 saturated heterocycles. The molecule has 0 unspecified atom stereocenters. The number of piperidine rings is 1. The minimum absolute atomic E-state index is 0.0358. The quantitative estimate of drug-likeness (QED) is 0.770. The summed E-state index contributed by atoms with van der Waals surface area (Å²) in [6, 6.07) is 17.1. The Labute approximate surface area is 153 Å². The molecule has 1 atom stereocenters. The lowest BCUT2D eigenvalue weighted by atomic mass is 9.72. The number of benzene rings is 2. The lowest BCUT2D eigenvalue weighted by molar-refractivity contribution is -0.128. The van der Waals surface area contributed by atoms with Gasteiger partial charge in [0.25, 0.3) is 0 Å². The molecule has 0 bridgehead atoms. The van der Waals surface area contributed by atoms with Gasteiger partial charge in [-0.1, -0.05) is 60.1 Å². The van der Waals surface area contributed by atoms with Gasteiger partial charge in [0.05, 0.1) is 11.5 Å². The Morgan fingerprint density at radius 1 is 1.12 bits per heavy atom. The zero-order chi connectivity index (χ0) is 17.7. The first-order valence-electron chi connectivity index (χ1n) is 8.60. The second-order valence-electron chi connectivity index (χ2n) is 6.45. The first-order valence-corrected chi connectivity index (χ1v) is 8.98. The second kappa shape index (κ2) is 8.00. The van der Waals surface area contributed by atoms with Crippen LogP contribution in [0.4, 0.5) is 0 Å². The van der Waals surface area contributed by atoms with Gasteiger partial charge in [-0.15, -0.1) is 0 Å². The van der Waals surface area contributed by atoms with Crippen molar-refractivity contribution in [1.82, 2.24) is 10.6 Å². The maximum atomic E-state index is 13.1. The van der Waals surface area contributed by atoms with Gasteiger partial charge in [-0.3, -0.25) is 4.79 Å². The molecule has 1 heterocycles. The van der Waals surface area contributed by atoms with E-state index in [9.17, 15) is 9.90 Å². The smallest absolute Gasteiger partial charge is 0.230 e. The fourth-order valence-corrected chi connectivity index (χ4v) is 3.73. The highest BCUT2D eigenvalue weighted by Crippen LogP contribution is 2.34. The summed E-state index contributed by atoms with van der Waals surface area (Å²) in [5.41, 5.74) is 1.11. The van der Waals surface area contributed by atoms with Gasteiger partial charge in [-0.2, -0.15) is 0 Å². The molecule has 4 nitrogen and oxygen atoms in total.